The third kappa shape index (κ3) is 5.00. The Hall–Kier alpha value is -2.76. The highest BCUT2D eigenvalue weighted by Gasteiger charge is 2.34. The molecular weight excluding hydrogens is 409 g/mol. The van der Waals surface area contributed by atoms with Crippen LogP contribution in [0, 0.1) is 0 Å². The van der Waals surface area contributed by atoms with Gasteiger partial charge in [-0.3, -0.25) is 9.73 Å². The van der Waals surface area contributed by atoms with Gasteiger partial charge in [0.2, 0.25) is 0 Å². The number of benzene rings is 2. The molecule has 1 aliphatic rings. The van der Waals surface area contributed by atoms with Crippen LogP contribution in [0.25, 0.3) is 0 Å². The number of rotatable bonds is 7. The second kappa shape index (κ2) is 8.31. The number of para-hydroxylation sites is 1. The van der Waals surface area contributed by atoms with Crippen molar-refractivity contribution in [3.8, 4) is 0 Å². The van der Waals surface area contributed by atoms with Crippen LogP contribution in [-0.4, -0.2) is 21.6 Å². The Morgan fingerprint density at radius 1 is 1.14 bits per heavy atom. The Morgan fingerprint density at radius 2 is 1.90 bits per heavy atom. The Labute approximate surface area is 166 Å². The average Bonchev–Trinajstić information content (AvgIpc) is 3.15. The van der Waals surface area contributed by atoms with Crippen LogP contribution in [0.2, 0.25) is 0 Å². The molecule has 0 saturated carbocycles. The van der Waals surface area contributed by atoms with Crippen LogP contribution in [-0.2, 0) is 20.9 Å². The Morgan fingerprint density at radius 3 is 2.62 bits per heavy atom. The first-order chi connectivity index (χ1) is 13.7. The van der Waals surface area contributed by atoms with E-state index in [1.165, 1.54) is 35.3 Å². The summed E-state index contributed by atoms with van der Waals surface area (Å²) in [6.45, 7) is 2.74. The number of nitrogens with one attached hydrogen (secondary N) is 3. The second-order valence-electron chi connectivity index (χ2n) is 6.04. The Kier molecular flexibility index (Phi) is 6.01. The highest BCUT2D eigenvalue weighted by Crippen LogP contribution is 2.35. The zero-order valence-corrected chi connectivity index (χ0v) is 16.1. The zero-order chi connectivity index (χ0) is 21.1. The maximum atomic E-state index is 13.1. The summed E-state index contributed by atoms with van der Waals surface area (Å²) in [5.74, 6) is 0. The fourth-order valence-electron chi connectivity index (χ4n) is 2.60. The molecule has 0 spiro atoms. The Balaban J connectivity index is 1.85. The lowest BCUT2D eigenvalue weighted by Gasteiger charge is -2.17. The molecule has 2 aromatic rings. The quantitative estimate of drug-likeness (QED) is 0.628. The van der Waals surface area contributed by atoms with Gasteiger partial charge in [-0.25, -0.2) is 8.42 Å². The molecule has 1 heterocycles. The third-order valence-electron chi connectivity index (χ3n) is 3.97. The van der Waals surface area contributed by atoms with Crippen LogP contribution < -0.4 is 20.7 Å². The number of anilines is 2. The molecule has 0 aromatic heterocycles. The van der Waals surface area contributed by atoms with E-state index in [0.29, 0.717) is 18.9 Å². The molecular formula is C18H19F3N4O3S. The van der Waals surface area contributed by atoms with E-state index < -0.39 is 27.5 Å². The number of hydrazine groups is 2. The van der Waals surface area contributed by atoms with Crippen molar-refractivity contribution in [3.63, 3.8) is 0 Å². The molecule has 3 rings (SSSR count). The first-order valence-electron chi connectivity index (χ1n) is 8.59. The summed E-state index contributed by atoms with van der Waals surface area (Å²) in [4.78, 5) is -0.180. The molecule has 0 fully saturated rings. The minimum absolute atomic E-state index is 0.180. The Bertz CT molecular complexity index is 1010. The molecule has 29 heavy (non-hydrogen) atoms. The lowest BCUT2D eigenvalue weighted by molar-refractivity contribution is -0.136. The van der Waals surface area contributed by atoms with Crippen molar-refractivity contribution in [1.82, 2.24) is 11.0 Å². The number of hydrogen-bond acceptors (Lipinski definition) is 6. The van der Waals surface area contributed by atoms with Crippen LogP contribution in [0.5, 0.6) is 0 Å². The molecule has 1 aliphatic heterocycles. The molecule has 0 bridgehead atoms. The topological polar surface area (TPSA) is 82.7 Å². The monoisotopic (exact) mass is 428 g/mol. The average molecular weight is 428 g/mol. The van der Waals surface area contributed by atoms with E-state index in [4.69, 9.17) is 4.74 Å². The van der Waals surface area contributed by atoms with Crippen molar-refractivity contribution in [3.05, 3.63) is 66.0 Å². The molecule has 0 aliphatic carbocycles. The smallest absolute Gasteiger partial charge is 0.375 e. The summed E-state index contributed by atoms with van der Waals surface area (Å²) in [5.41, 5.74) is 5.32. The number of ether oxygens (including phenoxy) is 1. The number of hydrogen-bond donors (Lipinski definition) is 3. The van der Waals surface area contributed by atoms with Gasteiger partial charge in [-0.1, -0.05) is 18.2 Å². The lowest BCUT2D eigenvalue weighted by Crippen LogP contribution is -2.37. The van der Waals surface area contributed by atoms with E-state index in [1.54, 1.807) is 12.3 Å². The number of nitrogens with zero attached hydrogens (tertiary/aromatic N) is 1. The maximum absolute atomic E-state index is 13.1. The summed E-state index contributed by atoms with van der Waals surface area (Å²) in [6.07, 6.45) is -3.00. The van der Waals surface area contributed by atoms with E-state index in [1.807, 2.05) is 11.6 Å². The fraction of sp³-hybridized carbons (Fsp3) is 0.222. The molecule has 2 aromatic carbocycles. The first kappa shape index (κ1) is 21.0. The van der Waals surface area contributed by atoms with Crippen LogP contribution in [0.4, 0.5) is 24.5 Å². The summed E-state index contributed by atoms with van der Waals surface area (Å²) in [6, 6.07) is 10.2. The highest BCUT2D eigenvalue weighted by molar-refractivity contribution is 7.92. The molecule has 7 nitrogen and oxygen atoms in total. The van der Waals surface area contributed by atoms with Crippen molar-refractivity contribution in [2.45, 2.75) is 18.0 Å². The summed E-state index contributed by atoms with van der Waals surface area (Å²) < 4.78 is 72.1. The van der Waals surface area contributed by atoms with E-state index in [9.17, 15) is 21.6 Å². The van der Waals surface area contributed by atoms with Gasteiger partial charge in [0.25, 0.3) is 10.0 Å². The van der Waals surface area contributed by atoms with Crippen molar-refractivity contribution in [1.29, 1.82) is 0 Å². The minimum Gasteiger partial charge on any atom is -0.375 e. The van der Waals surface area contributed by atoms with Crippen molar-refractivity contribution < 1.29 is 26.3 Å². The SMILES string of the molecule is CCOCC1=CN(c2cccc(S(=O)(=O)Nc3ccccc3C(F)(F)F)c2)NN1. The molecule has 11 heteroatoms. The molecule has 156 valence electrons. The predicted molar refractivity (Wildman–Crippen MR) is 102 cm³/mol. The van der Waals surface area contributed by atoms with Crippen LogP contribution in [0.1, 0.15) is 12.5 Å². The predicted octanol–water partition coefficient (Wildman–Crippen LogP) is 3.21. The van der Waals surface area contributed by atoms with Crippen LogP contribution in [0.3, 0.4) is 0 Å². The zero-order valence-electron chi connectivity index (χ0n) is 15.3. The normalized spacial score (nSPS) is 14.5. The maximum Gasteiger partial charge on any atom is 0.418 e. The third-order valence-corrected chi connectivity index (χ3v) is 5.33. The van der Waals surface area contributed by atoms with Crippen molar-refractivity contribution in [2.75, 3.05) is 22.9 Å². The van der Waals surface area contributed by atoms with Gasteiger partial charge in [0.05, 0.1) is 34.1 Å². The number of halogens is 3. The largest absolute Gasteiger partial charge is 0.418 e. The van der Waals surface area contributed by atoms with Gasteiger partial charge in [0.1, 0.15) is 0 Å². The van der Waals surface area contributed by atoms with Crippen molar-refractivity contribution in [2.24, 2.45) is 0 Å². The molecule has 3 N–H and O–H groups in total. The van der Waals surface area contributed by atoms with Gasteiger partial charge < -0.3 is 10.2 Å². The van der Waals surface area contributed by atoms with Gasteiger partial charge in [-0.05, 0) is 37.3 Å². The summed E-state index contributed by atoms with van der Waals surface area (Å²) in [5, 5.41) is 1.54. The number of sulfonamides is 1. The molecule has 0 amide bonds. The van der Waals surface area contributed by atoms with Crippen LogP contribution in [0.15, 0.2) is 65.3 Å². The second-order valence-corrected chi connectivity index (χ2v) is 7.73. The van der Waals surface area contributed by atoms with Crippen LogP contribution >= 0.6 is 0 Å². The molecule has 0 saturated heterocycles. The van der Waals surface area contributed by atoms with Gasteiger partial charge in [0.15, 0.2) is 0 Å². The fourth-order valence-corrected chi connectivity index (χ4v) is 3.72. The van der Waals surface area contributed by atoms with Crippen molar-refractivity contribution >= 4 is 21.4 Å². The lowest BCUT2D eigenvalue weighted by atomic mass is 10.2. The summed E-state index contributed by atoms with van der Waals surface area (Å²) in [7, 11) is -4.25. The van der Waals surface area contributed by atoms with Gasteiger partial charge in [-0.2, -0.15) is 13.2 Å². The molecule has 0 atom stereocenters. The summed E-state index contributed by atoms with van der Waals surface area (Å²) >= 11 is 0. The van der Waals surface area contributed by atoms with Gasteiger partial charge in [-0.15, -0.1) is 5.53 Å². The van der Waals surface area contributed by atoms with E-state index in [0.717, 1.165) is 17.8 Å². The molecule has 0 unspecified atom stereocenters. The van der Waals surface area contributed by atoms with E-state index in [-0.39, 0.29) is 4.90 Å². The van der Waals surface area contributed by atoms with Gasteiger partial charge >= 0.3 is 6.18 Å². The first-order valence-corrected chi connectivity index (χ1v) is 10.1. The van der Waals surface area contributed by atoms with E-state index >= 15 is 0 Å². The minimum atomic E-state index is -4.69. The van der Waals surface area contributed by atoms with E-state index in [2.05, 4.69) is 11.0 Å². The highest BCUT2D eigenvalue weighted by atomic mass is 32.2. The standard InChI is InChI=1S/C18H19F3N4O3S/c1-2-28-12-13-11-25(24-22-13)14-6-5-7-15(10-14)29(26,27)23-17-9-4-3-8-16(17)18(19,20)21/h3-11,22-24H,2,12H2,1H3. The molecule has 0 radical (unpaired) electrons. The number of alkyl halides is 3. The van der Waals surface area contributed by atoms with Gasteiger partial charge in [0, 0.05) is 12.8 Å².